The molecule has 4 nitrogen and oxygen atoms in total. The van der Waals surface area contributed by atoms with Crippen molar-refractivity contribution in [2.24, 2.45) is 0 Å². The van der Waals surface area contributed by atoms with Gasteiger partial charge < -0.3 is 14.9 Å². The SMILES string of the molecule is COc1ccc(CSc2nc3ccc(N)cc3o2)cc1F. The van der Waals surface area contributed by atoms with Gasteiger partial charge in [-0.2, -0.15) is 0 Å². The summed E-state index contributed by atoms with van der Waals surface area (Å²) in [6.45, 7) is 0. The highest BCUT2D eigenvalue weighted by atomic mass is 32.2. The number of halogens is 1. The molecular formula is C15H13FN2O2S. The van der Waals surface area contributed by atoms with Gasteiger partial charge in [0.15, 0.2) is 17.1 Å². The van der Waals surface area contributed by atoms with Gasteiger partial charge in [0, 0.05) is 17.5 Å². The lowest BCUT2D eigenvalue weighted by Gasteiger charge is -2.03. The smallest absolute Gasteiger partial charge is 0.257 e. The molecule has 0 atom stereocenters. The van der Waals surface area contributed by atoms with Gasteiger partial charge in [0.2, 0.25) is 0 Å². The number of aromatic nitrogens is 1. The Kier molecular flexibility index (Phi) is 3.70. The van der Waals surface area contributed by atoms with Crippen LogP contribution < -0.4 is 10.5 Å². The molecule has 108 valence electrons. The zero-order chi connectivity index (χ0) is 14.8. The van der Waals surface area contributed by atoms with Crippen molar-refractivity contribution in [1.82, 2.24) is 4.98 Å². The van der Waals surface area contributed by atoms with E-state index >= 15 is 0 Å². The van der Waals surface area contributed by atoms with Gasteiger partial charge in [-0.1, -0.05) is 17.8 Å². The number of nitrogens with two attached hydrogens (primary N) is 1. The fourth-order valence-corrected chi connectivity index (χ4v) is 2.71. The number of hydrogen-bond acceptors (Lipinski definition) is 5. The number of thioether (sulfide) groups is 1. The van der Waals surface area contributed by atoms with E-state index in [1.165, 1.54) is 24.9 Å². The number of nitrogen functional groups attached to an aromatic ring is 1. The molecule has 0 spiro atoms. The van der Waals surface area contributed by atoms with Crippen molar-refractivity contribution in [3.63, 3.8) is 0 Å². The van der Waals surface area contributed by atoms with Gasteiger partial charge in [-0.25, -0.2) is 9.37 Å². The second-order valence-corrected chi connectivity index (χ2v) is 5.39. The third-order valence-electron chi connectivity index (χ3n) is 2.97. The van der Waals surface area contributed by atoms with Crippen molar-refractivity contribution in [2.45, 2.75) is 11.0 Å². The normalized spacial score (nSPS) is 11.0. The van der Waals surface area contributed by atoms with Gasteiger partial charge in [0.05, 0.1) is 7.11 Å². The van der Waals surface area contributed by atoms with Crippen LogP contribution >= 0.6 is 11.8 Å². The Labute approximate surface area is 125 Å². The summed E-state index contributed by atoms with van der Waals surface area (Å²) >= 11 is 1.40. The molecule has 0 unspecified atom stereocenters. The minimum absolute atomic E-state index is 0.237. The van der Waals surface area contributed by atoms with E-state index in [1.54, 1.807) is 18.2 Å². The third-order valence-corrected chi connectivity index (χ3v) is 3.87. The first-order valence-electron chi connectivity index (χ1n) is 6.27. The minimum atomic E-state index is -0.374. The topological polar surface area (TPSA) is 61.3 Å². The van der Waals surface area contributed by atoms with Crippen LogP contribution in [0.5, 0.6) is 5.75 Å². The number of oxazole rings is 1. The van der Waals surface area contributed by atoms with Gasteiger partial charge in [-0.3, -0.25) is 0 Å². The number of rotatable bonds is 4. The second kappa shape index (κ2) is 5.65. The van der Waals surface area contributed by atoms with E-state index in [9.17, 15) is 4.39 Å². The van der Waals surface area contributed by atoms with E-state index in [4.69, 9.17) is 14.9 Å². The molecule has 0 saturated carbocycles. The maximum Gasteiger partial charge on any atom is 0.257 e. The molecule has 0 aliphatic rings. The number of benzene rings is 2. The molecular weight excluding hydrogens is 291 g/mol. The molecule has 0 amide bonds. The Morgan fingerprint density at radius 1 is 1.29 bits per heavy atom. The number of fused-ring (bicyclic) bond motifs is 1. The van der Waals surface area contributed by atoms with E-state index in [-0.39, 0.29) is 11.6 Å². The minimum Gasteiger partial charge on any atom is -0.494 e. The van der Waals surface area contributed by atoms with Crippen LogP contribution in [0.2, 0.25) is 0 Å². The molecule has 0 bridgehead atoms. The molecule has 21 heavy (non-hydrogen) atoms. The molecule has 0 fully saturated rings. The van der Waals surface area contributed by atoms with Crippen LogP contribution in [0.3, 0.4) is 0 Å². The summed E-state index contributed by atoms with van der Waals surface area (Å²) in [4.78, 5) is 4.35. The zero-order valence-corrected chi connectivity index (χ0v) is 12.1. The standard InChI is InChI=1S/C15H13FN2O2S/c1-19-13-5-2-9(6-11(13)16)8-21-15-18-12-4-3-10(17)7-14(12)20-15/h2-7H,8,17H2,1H3. The van der Waals surface area contributed by atoms with Crippen LogP contribution in [0.1, 0.15) is 5.56 Å². The van der Waals surface area contributed by atoms with Crippen molar-refractivity contribution >= 4 is 28.5 Å². The van der Waals surface area contributed by atoms with Crippen molar-refractivity contribution in [2.75, 3.05) is 12.8 Å². The van der Waals surface area contributed by atoms with Gasteiger partial charge >= 0.3 is 0 Å². The highest BCUT2D eigenvalue weighted by molar-refractivity contribution is 7.98. The van der Waals surface area contributed by atoms with Crippen molar-refractivity contribution in [3.05, 3.63) is 47.8 Å². The molecule has 1 heterocycles. The molecule has 2 N–H and O–H groups in total. The Morgan fingerprint density at radius 2 is 2.14 bits per heavy atom. The van der Waals surface area contributed by atoms with Crippen LogP contribution in [-0.2, 0) is 5.75 Å². The molecule has 0 saturated heterocycles. The molecule has 3 rings (SSSR count). The summed E-state index contributed by atoms with van der Waals surface area (Å²) in [5.41, 5.74) is 8.57. The fraction of sp³-hybridized carbons (Fsp3) is 0.133. The summed E-state index contributed by atoms with van der Waals surface area (Å²) in [6.07, 6.45) is 0. The quantitative estimate of drug-likeness (QED) is 0.586. The highest BCUT2D eigenvalue weighted by Gasteiger charge is 2.08. The molecule has 0 aliphatic carbocycles. The molecule has 3 aromatic rings. The molecule has 6 heteroatoms. The maximum atomic E-state index is 13.6. The predicted molar refractivity (Wildman–Crippen MR) is 80.9 cm³/mol. The lowest BCUT2D eigenvalue weighted by Crippen LogP contribution is -1.89. The van der Waals surface area contributed by atoms with E-state index in [0.717, 1.165) is 11.1 Å². The lowest BCUT2D eigenvalue weighted by molar-refractivity contribution is 0.386. The summed E-state index contributed by atoms with van der Waals surface area (Å²) in [5, 5.41) is 0.534. The molecule has 2 aromatic carbocycles. The summed E-state index contributed by atoms with van der Waals surface area (Å²) in [6, 6.07) is 10.2. The van der Waals surface area contributed by atoms with Crippen molar-refractivity contribution in [3.8, 4) is 5.75 Å². The van der Waals surface area contributed by atoms with E-state index in [0.29, 0.717) is 22.2 Å². The molecule has 0 radical (unpaired) electrons. The zero-order valence-electron chi connectivity index (χ0n) is 11.3. The molecule has 0 aliphatic heterocycles. The first kappa shape index (κ1) is 13.8. The number of nitrogens with zero attached hydrogens (tertiary/aromatic N) is 1. The van der Waals surface area contributed by atoms with Crippen LogP contribution in [-0.4, -0.2) is 12.1 Å². The summed E-state index contributed by atoms with van der Waals surface area (Å²) in [5.74, 6) is 0.422. The Hall–Kier alpha value is -2.21. The van der Waals surface area contributed by atoms with Gasteiger partial charge in [0.25, 0.3) is 5.22 Å². The average molecular weight is 304 g/mol. The summed E-state index contributed by atoms with van der Waals surface area (Å²) in [7, 11) is 1.44. The summed E-state index contributed by atoms with van der Waals surface area (Å²) < 4.78 is 24.1. The number of anilines is 1. The van der Waals surface area contributed by atoms with Crippen LogP contribution in [0, 0.1) is 5.82 Å². The van der Waals surface area contributed by atoms with Crippen molar-refractivity contribution < 1.29 is 13.5 Å². The lowest BCUT2D eigenvalue weighted by atomic mass is 10.2. The fourth-order valence-electron chi connectivity index (χ4n) is 1.93. The largest absolute Gasteiger partial charge is 0.494 e. The van der Waals surface area contributed by atoms with Crippen molar-refractivity contribution in [1.29, 1.82) is 0 Å². The van der Waals surface area contributed by atoms with Gasteiger partial charge in [-0.05, 0) is 29.8 Å². The number of ether oxygens (including phenoxy) is 1. The Morgan fingerprint density at radius 3 is 2.90 bits per heavy atom. The maximum absolute atomic E-state index is 13.6. The second-order valence-electron chi connectivity index (χ2n) is 4.46. The van der Waals surface area contributed by atoms with E-state index in [1.807, 2.05) is 12.1 Å². The van der Waals surface area contributed by atoms with Gasteiger partial charge in [0.1, 0.15) is 5.52 Å². The molecule has 1 aromatic heterocycles. The van der Waals surface area contributed by atoms with Crippen LogP contribution in [0.15, 0.2) is 46.0 Å². The number of hydrogen-bond donors (Lipinski definition) is 1. The predicted octanol–water partition coefficient (Wildman–Crippen LogP) is 3.85. The monoisotopic (exact) mass is 304 g/mol. The Bertz CT molecular complexity index is 788. The Balaban J connectivity index is 1.75. The average Bonchev–Trinajstić information content (AvgIpc) is 2.87. The van der Waals surface area contributed by atoms with Crippen LogP contribution in [0.4, 0.5) is 10.1 Å². The highest BCUT2D eigenvalue weighted by Crippen LogP contribution is 2.28. The first-order chi connectivity index (χ1) is 10.2. The van der Waals surface area contributed by atoms with Gasteiger partial charge in [-0.15, -0.1) is 0 Å². The third kappa shape index (κ3) is 2.95. The number of methoxy groups -OCH3 is 1. The van der Waals surface area contributed by atoms with E-state index < -0.39 is 0 Å². The van der Waals surface area contributed by atoms with Crippen LogP contribution in [0.25, 0.3) is 11.1 Å². The van der Waals surface area contributed by atoms with E-state index in [2.05, 4.69) is 4.98 Å². The first-order valence-corrected chi connectivity index (χ1v) is 7.25.